The quantitative estimate of drug-likeness (QED) is 0.484. The van der Waals surface area contributed by atoms with Crippen molar-refractivity contribution in [1.82, 2.24) is 10.2 Å². The maximum atomic E-state index is 13.6. The molecule has 0 radical (unpaired) electrons. The minimum Gasteiger partial charge on any atom is -0.490 e. The number of halogens is 2. The zero-order chi connectivity index (χ0) is 16.8. The summed E-state index contributed by atoms with van der Waals surface area (Å²) in [4.78, 5) is 0. The Balaban J connectivity index is 1.48. The summed E-state index contributed by atoms with van der Waals surface area (Å²) < 4.78 is 33.1. The average Bonchev–Trinajstić information content (AvgIpc) is 3.03. The van der Waals surface area contributed by atoms with Gasteiger partial charge >= 0.3 is 0 Å². The Hall–Kier alpha value is -2.19. The van der Waals surface area contributed by atoms with Crippen LogP contribution in [0.1, 0.15) is 0 Å². The monoisotopic (exact) mass is 365 g/mol. The van der Waals surface area contributed by atoms with Gasteiger partial charge in [0.1, 0.15) is 5.82 Å². The van der Waals surface area contributed by atoms with E-state index in [1.54, 1.807) is 36.4 Å². The summed E-state index contributed by atoms with van der Waals surface area (Å²) in [6.07, 6.45) is 0. The van der Waals surface area contributed by atoms with Gasteiger partial charge in [0.2, 0.25) is 5.13 Å². The van der Waals surface area contributed by atoms with Crippen LogP contribution in [0.3, 0.4) is 0 Å². The molecule has 0 spiro atoms. The molecule has 1 N–H and O–H groups in total. The number of benzene rings is 2. The molecule has 3 aromatic rings. The first-order chi connectivity index (χ1) is 11.7. The fourth-order valence-corrected chi connectivity index (χ4v) is 3.49. The first kappa shape index (κ1) is 16.7. The third-order valence-corrected chi connectivity index (χ3v) is 4.86. The van der Waals surface area contributed by atoms with Gasteiger partial charge in [-0.2, -0.15) is 0 Å². The summed E-state index contributed by atoms with van der Waals surface area (Å²) in [5, 5.41) is 11.4. The fourth-order valence-electron chi connectivity index (χ4n) is 1.84. The number of hydrogen-bond acceptors (Lipinski definition) is 6. The largest absolute Gasteiger partial charge is 0.490 e. The first-order valence-corrected chi connectivity index (χ1v) is 8.88. The summed E-state index contributed by atoms with van der Waals surface area (Å²) in [5.41, 5.74) is 0.355. The lowest BCUT2D eigenvalue weighted by atomic mass is 10.3. The Morgan fingerprint density at radius 3 is 2.54 bits per heavy atom. The van der Waals surface area contributed by atoms with Gasteiger partial charge < -0.3 is 10.1 Å². The predicted molar refractivity (Wildman–Crippen MR) is 92.2 cm³/mol. The van der Waals surface area contributed by atoms with Gasteiger partial charge in [-0.15, -0.1) is 10.2 Å². The van der Waals surface area contributed by atoms with Crippen LogP contribution in [0.25, 0.3) is 0 Å². The van der Waals surface area contributed by atoms with Gasteiger partial charge in [0.15, 0.2) is 15.9 Å². The van der Waals surface area contributed by atoms with Crippen molar-refractivity contribution in [3.63, 3.8) is 0 Å². The minimum atomic E-state index is -0.380. The normalized spacial score (nSPS) is 10.6. The standard InChI is InChI=1S/C16H13F2N3OS2/c17-11-5-1-3-7-13(11)19-15-20-21-16(24-15)23-10-9-22-14-8-4-2-6-12(14)18/h1-8H,9-10H2,(H,19,20). The summed E-state index contributed by atoms with van der Waals surface area (Å²) in [6, 6.07) is 12.6. The molecular formula is C16H13F2N3OS2. The molecule has 0 aliphatic heterocycles. The lowest BCUT2D eigenvalue weighted by Crippen LogP contribution is -2.01. The van der Waals surface area contributed by atoms with E-state index in [1.165, 1.54) is 35.2 Å². The van der Waals surface area contributed by atoms with Crippen molar-refractivity contribution in [2.45, 2.75) is 4.34 Å². The van der Waals surface area contributed by atoms with Crippen molar-refractivity contribution >= 4 is 33.9 Å². The molecule has 8 heteroatoms. The Morgan fingerprint density at radius 2 is 1.75 bits per heavy atom. The van der Waals surface area contributed by atoms with Gasteiger partial charge in [-0.1, -0.05) is 47.4 Å². The van der Waals surface area contributed by atoms with E-state index in [0.29, 0.717) is 23.2 Å². The second-order valence-electron chi connectivity index (χ2n) is 4.61. The molecule has 4 nitrogen and oxygen atoms in total. The molecule has 3 rings (SSSR count). The van der Waals surface area contributed by atoms with Crippen LogP contribution in [0.15, 0.2) is 52.9 Å². The Morgan fingerprint density at radius 1 is 1.00 bits per heavy atom. The van der Waals surface area contributed by atoms with Crippen LogP contribution in [0.2, 0.25) is 0 Å². The van der Waals surface area contributed by atoms with Crippen molar-refractivity contribution in [3.8, 4) is 5.75 Å². The number of nitrogens with zero attached hydrogens (tertiary/aromatic N) is 2. The zero-order valence-electron chi connectivity index (χ0n) is 12.4. The number of hydrogen-bond donors (Lipinski definition) is 1. The van der Waals surface area contributed by atoms with Crippen LogP contribution in [0.5, 0.6) is 5.75 Å². The summed E-state index contributed by atoms with van der Waals surface area (Å²) in [5.74, 6) is 0.107. The Kier molecular flexibility index (Phi) is 5.60. The summed E-state index contributed by atoms with van der Waals surface area (Å²) >= 11 is 2.76. The molecule has 2 aromatic carbocycles. The maximum Gasteiger partial charge on any atom is 0.210 e. The molecule has 0 saturated carbocycles. The van der Waals surface area contributed by atoms with E-state index in [1.807, 2.05) is 0 Å². The second kappa shape index (κ2) is 8.07. The van der Waals surface area contributed by atoms with Crippen molar-refractivity contribution in [2.75, 3.05) is 17.7 Å². The molecule has 0 fully saturated rings. The highest BCUT2D eigenvalue weighted by Gasteiger charge is 2.08. The van der Waals surface area contributed by atoms with Crippen molar-refractivity contribution in [1.29, 1.82) is 0 Å². The molecule has 0 bridgehead atoms. The molecule has 0 aliphatic rings. The Labute approximate surface area is 145 Å². The van der Waals surface area contributed by atoms with Crippen LogP contribution < -0.4 is 10.1 Å². The fraction of sp³-hybridized carbons (Fsp3) is 0.125. The van der Waals surface area contributed by atoms with Crippen LogP contribution >= 0.6 is 23.1 Å². The summed E-state index contributed by atoms with van der Waals surface area (Å²) in [6.45, 7) is 0.348. The smallest absolute Gasteiger partial charge is 0.210 e. The maximum absolute atomic E-state index is 13.6. The summed E-state index contributed by atoms with van der Waals surface area (Å²) in [7, 11) is 0. The molecule has 0 atom stereocenters. The third kappa shape index (κ3) is 4.42. The highest BCUT2D eigenvalue weighted by Crippen LogP contribution is 2.28. The number of anilines is 2. The Bertz CT molecular complexity index is 813. The van der Waals surface area contributed by atoms with E-state index in [-0.39, 0.29) is 17.4 Å². The molecule has 0 aliphatic carbocycles. The van der Waals surface area contributed by atoms with Gasteiger partial charge in [0, 0.05) is 5.75 Å². The molecule has 1 aromatic heterocycles. The van der Waals surface area contributed by atoms with E-state index in [9.17, 15) is 8.78 Å². The molecular weight excluding hydrogens is 352 g/mol. The second-order valence-corrected chi connectivity index (χ2v) is 6.92. The van der Waals surface area contributed by atoms with Crippen molar-refractivity contribution in [2.24, 2.45) is 0 Å². The van der Waals surface area contributed by atoms with Crippen molar-refractivity contribution in [3.05, 3.63) is 60.2 Å². The van der Waals surface area contributed by atoms with Gasteiger partial charge in [-0.3, -0.25) is 0 Å². The lowest BCUT2D eigenvalue weighted by Gasteiger charge is -2.05. The molecule has 0 amide bonds. The molecule has 1 heterocycles. The van der Waals surface area contributed by atoms with Crippen LogP contribution in [-0.4, -0.2) is 22.6 Å². The van der Waals surface area contributed by atoms with Gasteiger partial charge in [-0.25, -0.2) is 8.78 Å². The van der Waals surface area contributed by atoms with Gasteiger partial charge in [0.25, 0.3) is 0 Å². The minimum absolute atomic E-state index is 0.234. The van der Waals surface area contributed by atoms with Crippen LogP contribution in [0, 0.1) is 11.6 Å². The van der Waals surface area contributed by atoms with Crippen LogP contribution in [-0.2, 0) is 0 Å². The SMILES string of the molecule is Fc1ccccc1Nc1nnc(SCCOc2ccccc2F)s1. The molecule has 24 heavy (non-hydrogen) atoms. The van der Waals surface area contributed by atoms with Gasteiger partial charge in [0.05, 0.1) is 12.3 Å². The van der Waals surface area contributed by atoms with Crippen LogP contribution in [0.4, 0.5) is 19.6 Å². The lowest BCUT2D eigenvalue weighted by molar-refractivity contribution is 0.325. The molecule has 0 saturated heterocycles. The molecule has 0 unspecified atom stereocenters. The topological polar surface area (TPSA) is 47.0 Å². The van der Waals surface area contributed by atoms with Crippen molar-refractivity contribution < 1.29 is 13.5 Å². The zero-order valence-corrected chi connectivity index (χ0v) is 14.0. The van der Waals surface area contributed by atoms with E-state index in [0.717, 1.165) is 4.34 Å². The predicted octanol–water partition coefficient (Wildman–Crippen LogP) is 4.73. The van der Waals surface area contributed by atoms with Gasteiger partial charge in [-0.05, 0) is 24.3 Å². The number of rotatable bonds is 7. The number of para-hydroxylation sites is 2. The third-order valence-electron chi connectivity index (χ3n) is 2.93. The van der Waals surface area contributed by atoms with E-state index >= 15 is 0 Å². The molecule has 124 valence electrons. The first-order valence-electron chi connectivity index (χ1n) is 7.07. The number of nitrogens with one attached hydrogen (secondary N) is 1. The number of ether oxygens (including phenoxy) is 1. The highest BCUT2D eigenvalue weighted by molar-refractivity contribution is 8.01. The highest BCUT2D eigenvalue weighted by atomic mass is 32.2. The number of thioether (sulfide) groups is 1. The van der Waals surface area contributed by atoms with E-state index in [4.69, 9.17) is 4.74 Å². The number of aromatic nitrogens is 2. The van der Waals surface area contributed by atoms with E-state index < -0.39 is 0 Å². The van der Waals surface area contributed by atoms with E-state index in [2.05, 4.69) is 15.5 Å². The average molecular weight is 365 g/mol.